The number of hydrogen-bond donors (Lipinski definition) is 2. The van der Waals surface area contributed by atoms with E-state index in [0.717, 1.165) is 17.3 Å². The summed E-state index contributed by atoms with van der Waals surface area (Å²) in [5.74, 6) is 0. The van der Waals surface area contributed by atoms with E-state index in [4.69, 9.17) is 12.2 Å². The van der Waals surface area contributed by atoms with E-state index in [1.165, 1.54) is 59.7 Å². The molecule has 1 saturated carbocycles. The monoisotopic (exact) mass is 391 g/mol. The van der Waals surface area contributed by atoms with Crippen molar-refractivity contribution in [3.05, 3.63) is 65.4 Å². The van der Waals surface area contributed by atoms with E-state index in [0.29, 0.717) is 6.04 Å². The van der Waals surface area contributed by atoms with Gasteiger partial charge in [0, 0.05) is 35.4 Å². The standard InChI is InChI=1S/C24H29N3S/c1-17-12-13-18(2)23(14-17)26-24(28)27(20-8-4-3-5-9-20)16-19-15-25-22-11-7-6-10-21(19)22/h6-7,10-15,20,25H,3-5,8-9,16H2,1-2H3,(H,26,28). The highest BCUT2D eigenvalue weighted by Crippen LogP contribution is 2.28. The fourth-order valence-corrected chi connectivity index (χ4v) is 4.59. The first-order chi connectivity index (χ1) is 13.6. The van der Waals surface area contributed by atoms with Gasteiger partial charge in [0.25, 0.3) is 0 Å². The zero-order chi connectivity index (χ0) is 19.5. The number of aryl methyl sites for hydroxylation is 2. The highest BCUT2D eigenvalue weighted by molar-refractivity contribution is 7.80. The number of hydrogen-bond acceptors (Lipinski definition) is 1. The van der Waals surface area contributed by atoms with Crippen LogP contribution >= 0.6 is 12.2 Å². The molecule has 0 bridgehead atoms. The van der Waals surface area contributed by atoms with Crippen molar-refractivity contribution in [1.82, 2.24) is 9.88 Å². The van der Waals surface area contributed by atoms with Gasteiger partial charge in [-0.05, 0) is 67.7 Å². The molecule has 0 spiro atoms. The van der Waals surface area contributed by atoms with E-state index >= 15 is 0 Å². The number of benzene rings is 2. The molecule has 1 heterocycles. The molecular weight excluding hydrogens is 362 g/mol. The van der Waals surface area contributed by atoms with E-state index in [9.17, 15) is 0 Å². The number of nitrogens with zero attached hydrogens (tertiary/aromatic N) is 1. The lowest BCUT2D eigenvalue weighted by Gasteiger charge is -2.36. The molecular formula is C24H29N3S. The second-order valence-electron chi connectivity index (χ2n) is 8.03. The van der Waals surface area contributed by atoms with Crippen molar-refractivity contribution in [1.29, 1.82) is 0 Å². The van der Waals surface area contributed by atoms with Crippen molar-refractivity contribution < 1.29 is 0 Å². The summed E-state index contributed by atoms with van der Waals surface area (Å²) >= 11 is 5.94. The SMILES string of the molecule is Cc1ccc(C)c(NC(=S)N(Cc2c[nH]c3ccccc23)C2CCCCC2)c1. The van der Waals surface area contributed by atoms with E-state index in [-0.39, 0.29) is 0 Å². The van der Waals surface area contributed by atoms with E-state index in [2.05, 4.69) is 77.7 Å². The van der Waals surface area contributed by atoms with Crippen LogP contribution in [0.25, 0.3) is 10.9 Å². The van der Waals surface area contributed by atoms with Gasteiger partial charge in [-0.3, -0.25) is 0 Å². The third-order valence-corrected chi connectivity index (χ3v) is 6.26. The molecule has 0 atom stereocenters. The van der Waals surface area contributed by atoms with E-state index < -0.39 is 0 Å². The molecule has 0 unspecified atom stereocenters. The van der Waals surface area contributed by atoms with Crippen molar-refractivity contribution in [3.8, 4) is 0 Å². The lowest BCUT2D eigenvalue weighted by Crippen LogP contribution is -2.43. The predicted molar refractivity (Wildman–Crippen MR) is 123 cm³/mol. The molecule has 0 aliphatic heterocycles. The van der Waals surface area contributed by atoms with Crippen LogP contribution in [0.3, 0.4) is 0 Å². The van der Waals surface area contributed by atoms with Crippen LogP contribution in [0.15, 0.2) is 48.7 Å². The van der Waals surface area contributed by atoms with E-state index in [1.807, 2.05) is 0 Å². The molecule has 3 nitrogen and oxygen atoms in total. The molecule has 0 radical (unpaired) electrons. The van der Waals surface area contributed by atoms with Crippen molar-refractivity contribution >= 4 is 33.9 Å². The Morgan fingerprint density at radius 2 is 1.89 bits per heavy atom. The van der Waals surface area contributed by atoms with Gasteiger partial charge in [0.2, 0.25) is 0 Å². The van der Waals surface area contributed by atoms with Gasteiger partial charge in [-0.1, -0.05) is 49.6 Å². The summed E-state index contributed by atoms with van der Waals surface area (Å²) in [5.41, 5.74) is 6.09. The quantitative estimate of drug-likeness (QED) is 0.511. The molecule has 1 aliphatic carbocycles. The smallest absolute Gasteiger partial charge is 0.173 e. The van der Waals surface area contributed by atoms with Gasteiger partial charge in [0.1, 0.15) is 0 Å². The van der Waals surface area contributed by atoms with Crippen LogP contribution in [0.2, 0.25) is 0 Å². The molecule has 4 heteroatoms. The number of nitrogens with one attached hydrogen (secondary N) is 2. The maximum absolute atomic E-state index is 5.94. The van der Waals surface area contributed by atoms with Crippen molar-refractivity contribution in [2.24, 2.45) is 0 Å². The first-order valence-corrected chi connectivity index (χ1v) is 10.7. The Hall–Kier alpha value is -2.33. The molecule has 2 N–H and O–H groups in total. The predicted octanol–water partition coefficient (Wildman–Crippen LogP) is 6.32. The minimum Gasteiger partial charge on any atom is -0.361 e. The topological polar surface area (TPSA) is 31.1 Å². The summed E-state index contributed by atoms with van der Waals surface area (Å²) < 4.78 is 0. The van der Waals surface area contributed by atoms with Crippen LogP contribution in [-0.4, -0.2) is 21.0 Å². The van der Waals surface area contributed by atoms with Crippen molar-refractivity contribution in [2.75, 3.05) is 5.32 Å². The zero-order valence-electron chi connectivity index (χ0n) is 16.8. The molecule has 28 heavy (non-hydrogen) atoms. The third kappa shape index (κ3) is 4.07. The average molecular weight is 392 g/mol. The van der Waals surface area contributed by atoms with Crippen molar-refractivity contribution in [3.63, 3.8) is 0 Å². The average Bonchev–Trinajstić information content (AvgIpc) is 3.12. The number of para-hydroxylation sites is 1. The third-order valence-electron chi connectivity index (χ3n) is 5.93. The van der Waals surface area contributed by atoms with Crippen LogP contribution in [0.4, 0.5) is 5.69 Å². The van der Waals surface area contributed by atoms with Crippen LogP contribution in [0.5, 0.6) is 0 Å². The Bertz CT molecular complexity index is 969. The molecule has 3 aromatic rings. The summed E-state index contributed by atoms with van der Waals surface area (Å²) in [6.45, 7) is 5.10. The maximum atomic E-state index is 5.94. The van der Waals surface area contributed by atoms with Gasteiger partial charge in [0.05, 0.1) is 0 Å². The lowest BCUT2D eigenvalue weighted by atomic mass is 9.94. The Morgan fingerprint density at radius 1 is 1.11 bits per heavy atom. The molecule has 0 saturated heterocycles. The Balaban J connectivity index is 1.61. The summed E-state index contributed by atoms with van der Waals surface area (Å²) in [6.07, 6.45) is 8.51. The van der Waals surface area contributed by atoms with Crippen LogP contribution in [-0.2, 0) is 6.54 Å². The summed E-state index contributed by atoms with van der Waals surface area (Å²) in [7, 11) is 0. The number of thiocarbonyl (C=S) groups is 1. The number of anilines is 1. The molecule has 0 amide bonds. The fourth-order valence-electron chi connectivity index (χ4n) is 4.26. The molecule has 1 fully saturated rings. The number of aromatic amines is 1. The van der Waals surface area contributed by atoms with Crippen LogP contribution in [0, 0.1) is 13.8 Å². The highest BCUT2D eigenvalue weighted by Gasteiger charge is 2.24. The second kappa shape index (κ2) is 8.36. The first-order valence-electron chi connectivity index (χ1n) is 10.3. The largest absolute Gasteiger partial charge is 0.361 e. The lowest BCUT2D eigenvalue weighted by molar-refractivity contribution is 0.241. The van der Waals surface area contributed by atoms with Crippen LogP contribution in [0.1, 0.15) is 48.8 Å². The maximum Gasteiger partial charge on any atom is 0.173 e. The number of fused-ring (bicyclic) bond motifs is 1. The van der Waals surface area contributed by atoms with Gasteiger partial charge in [-0.15, -0.1) is 0 Å². The Morgan fingerprint density at radius 3 is 2.71 bits per heavy atom. The molecule has 1 aromatic heterocycles. The highest BCUT2D eigenvalue weighted by atomic mass is 32.1. The number of rotatable bonds is 4. The number of H-pyrrole nitrogens is 1. The molecule has 1 aliphatic rings. The van der Waals surface area contributed by atoms with Gasteiger partial charge >= 0.3 is 0 Å². The Kier molecular flexibility index (Phi) is 5.67. The van der Waals surface area contributed by atoms with Crippen molar-refractivity contribution in [2.45, 2.75) is 58.5 Å². The zero-order valence-corrected chi connectivity index (χ0v) is 17.6. The molecule has 2 aromatic carbocycles. The second-order valence-corrected chi connectivity index (χ2v) is 8.41. The first kappa shape index (κ1) is 19.0. The summed E-state index contributed by atoms with van der Waals surface area (Å²) in [5, 5.41) is 5.68. The minimum atomic E-state index is 0.507. The van der Waals surface area contributed by atoms with Gasteiger partial charge in [0.15, 0.2) is 5.11 Å². The van der Waals surface area contributed by atoms with Gasteiger partial charge < -0.3 is 15.2 Å². The molecule has 4 rings (SSSR count). The Labute approximate surface area is 173 Å². The van der Waals surface area contributed by atoms with Gasteiger partial charge in [-0.2, -0.15) is 0 Å². The minimum absolute atomic E-state index is 0.507. The van der Waals surface area contributed by atoms with Gasteiger partial charge in [-0.25, -0.2) is 0 Å². The molecule has 146 valence electrons. The fraction of sp³-hybridized carbons (Fsp3) is 0.375. The summed E-state index contributed by atoms with van der Waals surface area (Å²) in [6, 6.07) is 15.5. The summed E-state index contributed by atoms with van der Waals surface area (Å²) in [4.78, 5) is 5.83. The normalized spacial score (nSPS) is 14.9. The van der Waals surface area contributed by atoms with Crippen LogP contribution < -0.4 is 5.32 Å². The number of aromatic nitrogens is 1. The van der Waals surface area contributed by atoms with E-state index in [1.54, 1.807) is 0 Å².